The Hall–Kier alpha value is -2.02. The lowest BCUT2D eigenvalue weighted by Crippen LogP contribution is -2.44. The summed E-state index contributed by atoms with van der Waals surface area (Å²) < 4.78 is 43.5. The van der Waals surface area contributed by atoms with E-state index in [1.807, 2.05) is 4.72 Å². The van der Waals surface area contributed by atoms with Gasteiger partial charge in [-0.2, -0.15) is 9.98 Å². The van der Waals surface area contributed by atoms with Gasteiger partial charge in [-0.3, -0.25) is 4.79 Å². The van der Waals surface area contributed by atoms with Gasteiger partial charge in [-0.15, -0.1) is 0 Å². The molecule has 20 heavy (non-hydrogen) atoms. The molecule has 0 spiro atoms. The molecule has 1 atom stereocenters. The highest BCUT2D eigenvalue weighted by Crippen LogP contribution is 2.18. The fraction of sp³-hybridized carbons (Fsp3) is 0.273. The molecule has 0 aliphatic heterocycles. The maximum Gasteiger partial charge on any atom is 0.326 e. The van der Waals surface area contributed by atoms with Crippen molar-refractivity contribution in [3.8, 4) is 6.07 Å². The van der Waals surface area contributed by atoms with Gasteiger partial charge < -0.3 is 9.84 Å². The third-order valence-corrected chi connectivity index (χ3v) is 3.86. The standard InChI is InChI=1S/C11H11FN2O5S/c1-19-11(16)9(6-15)14-20(17,18)10-4-2-3-8(12)7(10)5-13/h2-4,9,14-15H,6H2,1H3. The number of ether oxygens (including phenoxy) is 1. The fourth-order valence-electron chi connectivity index (χ4n) is 1.39. The van der Waals surface area contributed by atoms with Crippen molar-refractivity contribution >= 4 is 16.0 Å². The highest BCUT2D eigenvalue weighted by atomic mass is 32.2. The smallest absolute Gasteiger partial charge is 0.326 e. The quantitative estimate of drug-likeness (QED) is 0.709. The zero-order valence-corrected chi connectivity index (χ0v) is 11.1. The normalized spacial score (nSPS) is 12.5. The van der Waals surface area contributed by atoms with Crippen LogP contribution in [0.15, 0.2) is 23.1 Å². The van der Waals surface area contributed by atoms with Crippen LogP contribution in [0.5, 0.6) is 0 Å². The predicted octanol–water partition coefficient (Wildman–Crippen LogP) is -0.490. The molecule has 108 valence electrons. The van der Waals surface area contributed by atoms with Crippen molar-refractivity contribution in [2.75, 3.05) is 13.7 Å². The molecule has 0 saturated carbocycles. The molecule has 0 aromatic heterocycles. The van der Waals surface area contributed by atoms with Gasteiger partial charge in [0.25, 0.3) is 0 Å². The first-order chi connectivity index (χ1) is 9.37. The van der Waals surface area contributed by atoms with Gasteiger partial charge >= 0.3 is 5.97 Å². The Balaban J connectivity index is 3.22. The number of esters is 1. The second kappa shape index (κ2) is 6.42. The van der Waals surface area contributed by atoms with Crippen molar-refractivity contribution in [2.24, 2.45) is 0 Å². The molecule has 7 nitrogen and oxygen atoms in total. The molecule has 0 amide bonds. The average Bonchev–Trinajstić information content (AvgIpc) is 2.43. The number of carbonyl (C=O) groups is 1. The summed E-state index contributed by atoms with van der Waals surface area (Å²) in [6.45, 7) is -0.844. The lowest BCUT2D eigenvalue weighted by Gasteiger charge is -2.14. The Morgan fingerprint density at radius 3 is 2.75 bits per heavy atom. The van der Waals surface area contributed by atoms with Gasteiger partial charge in [0.1, 0.15) is 28.4 Å². The van der Waals surface area contributed by atoms with Crippen molar-refractivity contribution in [2.45, 2.75) is 10.9 Å². The molecule has 1 rings (SSSR count). The Morgan fingerprint density at radius 1 is 1.60 bits per heavy atom. The molecule has 1 aromatic carbocycles. The molecule has 1 aromatic rings. The second-order valence-electron chi connectivity index (χ2n) is 3.60. The maximum atomic E-state index is 13.4. The third kappa shape index (κ3) is 3.30. The number of benzene rings is 1. The van der Waals surface area contributed by atoms with Crippen molar-refractivity contribution in [3.63, 3.8) is 0 Å². The topological polar surface area (TPSA) is 116 Å². The van der Waals surface area contributed by atoms with E-state index in [9.17, 15) is 17.6 Å². The number of nitrogens with zero attached hydrogens (tertiary/aromatic N) is 1. The Kier molecular flexibility index (Phi) is 5.15. The van der Waals surface area contributed by atoms with E-state index < -0.39 is 44.9 Å². The monoisotopic (exact) mass is 302 g/mol. The van der Waals surface area contributed by atoms with Crippen LogP contribution in [0.25, 0.3) is 0 Å². The number of sulfonamides is 1. The minimum atomic E-state index is -4.37. The minimum Gasteiger partial charge on any atom is -0.468 e. The molecule has 2 N–H and O–H groups in total. The summed E-state index contributed by atoms with van der Waals surface area (Å²) in [5.41, 5.74) is -0.679. The number of halogens is 1. The molecule has 1 unspecified atom stereocenters. The van der Waals surface area contributed by atoms with E-state index in [-0.39, 0.29) is 0 Å². The Morgan fingerprint density at radius 2 is 2.25 bits per heavy atom. The van der Waals surface area contributed by atoms with Crippen LogP contribution >= 0.6 is 0 Å². The van der Waals surface area contributed by atoms with Crippen molar-refractivity contribution in [3.05, 3.63) is 29.6 Å². The van der Waals surface area contributed by atoms with E-state index in [0.717, 1.165) is 25.3 Å². The molecular formula is C11H11FN2O5S. The van der Waals surface area contributed by atoms with Crippen LogP contribution in [0.4, 0.5) is 4.39 Å². The summed E-state index contributed by atoms with van der Waals surface area (Å²) in [6.07, 6.45) is 0. The molecule has 0 aliphatic rings. The van der Waals surface area contributed by atoms with Crippen molar-refractivity contribution < 1.29 is 27.4 Å². The van der Waals surface area contributed by atoms with Gasteiger partial charge in [0.05, 0.1) is 13.7 Å². The molecule has 0 fully saturated rings. The number of aliphatic hydroxyl groups excluding tert-OH is 1. The van der Waals surface area contributed by atoms with E-state index >= 15 is 0 Å². The van der Waals surface area contributed by atoms with E-state index in [1.54, 1.807) is 0 Å². The van der Waals surface area contributed by atoms with Crippen LogP contribution < -0.4 is 4.72 Å². The largest absolute Gasteiger partial charge is 0.468 e. The van der Waals surface area contributed by atoms with E-state index in [1.165, 1.54) is 6.07 Å². The third-order valence-electron chi connectivity index (χ3n) is 2.34. The molecule has 9 heteroatoms. The van der Waals surface area contributed by atoms with Crippen LogP contribution in [0.2, 0.25) is 0 Å². The van der Waals surface area contributed by atoms with Gasteiger partial charge in [-0.1, -0.05) is 6.07 Å². The van der Waals surface area contributed by atoms with Gasteiger partial charge in [-0.25, -0.2) is 12.8 Å². The number of aliphatic hydroxyl groups is 1. The summed E-state index contributed by atoms with van der Waals surface area (Å²) >= 11 is 0. The van der Waals surface area contributed by atoms with Gasteiger partial charge in [-0.05, 0) is 12.1 Å². The first-order valence-corrected chi connectivity index (χ1v) is 6.75. The number of nitrogens with one attached hydrogen (secondary N) is 1. The Labute approximate surface area is 114 Å². The average molecular weight is 302 g/mol. The molecular weight excluding hydrogens is 291 g/mol. The number of methoxy groups -OCH3 is 1. The second-order valence-corrected chi connectivity index (χ2v) is 5.29. The first kappa shape index (κ1) is 16.0. The number of nitriles is 1. The minimum absolute atomic E-state index is 0.623. The SMILES string of the molecule is COC(=O)C(CO)NS(=O)(=O)c1cccc(F)c1C#N. The summed E-state index contributed by atoms with van der Waals surface area (Å²) in [5, 5.41) is 17.7. The summed E-state index contributed by atoms with van der Waals surface area (Å²) in [5.74, 6) is -2.01. The zero-order chi connectivity index (χ0) is 15.3. The van der Waals surface area contributed by atoms with E-state index in [2.05, 4.69) is 4.74 Å². The Bertz CT molecular complexity index is 653. The highest BCUT2D eigenvalue weighted by Gasteiger charge is 2.28. The summed E-state index contributed by atoms with van der Waals surface area (Å²) in [7, 11) is -3.35. The molecule has 0 saturated heterocycles. The van der Waals surface area contributed by atoms with E-state index in [0.29, 0.717) is 0 Å². The van der Waals surface area contributed by atoms with Gasteiger partial charge in [0, 0.05) is 0 Å². The number of hydrogen-bond donors (Lipinski definition) is 2. The molecule has 0 bridgehead atoms. The van der Waals surface area contributed by atoms with Crippen LogP contribution in [-0.4, -0.2) is 39.3 Å². The van der Waals surface area contributed by atoms with Crippen molar-refractivity contribution in [1.29, 1.82) is 5.26 Å². The van der Waals surface area contributed by atoms with Crippen LogP contribution in [0.1, 0.15) is 5.56 Å². The van der Waals surface area contributed by atoms with Crippen LogP contribution in [0.3, 0.4) is 0 Å². The van der Waals surface area contributed by atoms with Crippen molar-refractivity contribution in [1.82, 2.24) is 4.72 Å². The maximum absolute atomic E-state index is 13.4. The summed E-state index contributed by atoms with van der Waals surface area (Å²) in [6, 6.07) is 2.94. The lowest BCUT2D eigenvalue weighted by molar-refractivity contribution is -0.143. The lowest BCUT2D eigenvalue weighted by atomic mass is 10.2. The highest BCUT2D eigenvalue weighted by molar-refractivity contribution is 7.89. The first-order valence-electron chi connectivity index (χ1n) is 5.27. The summed E-state index contributed by atoms with van der Waals surface area (Å²) in [4.78, 5) is 10.6. The van der Waals surface area contributed by atoms with Gasteiger partial charge in [0.15, 0.2) is 0 Å². The van der Waals surface area contributed by atoms with Gasteiger partial charge in [0.2, 0.25) is 10.0 Å². The number of rotatable bonds is 5. The van der Waals surface area contributed by atoms with Crippen LogP contribution in [-0.2, 0) is 19.6 Å². The number of hydrogen-bond acceptors (Lipinski definition) is 6. The number of carbonyl (C=O) groups excluding carboxylic acids is 1. The molecule has 0 aliphatic carbocycles. The molecule has 0 heterocycles. The fourth-order valence-corrected chi connectivity index (χ4v) is 2.73. The predicted molar refractivity (Wildman–Crippen MR) is 64.3 cm³/mol. The van der Waals surface area contributed by atoms with E-state index in [4.69, 9.17) is 10.4 Å². The molecule has 0 radical (unpaired) electrons. The van der Waals surface area contributed by atoms with Crippen LogP contribution in [0, 0.1) is 17.1 Å². The zero-order valence-electron chi connectivity index (χ0n) is 10.3.